The van der Waals surface area contributed by atoms with Crippen LogP contribution in [-0.2, 0) is 0 Å². The van der Waals surface area contributed by atoms with Gasteiger partial charge in [0.2, 0.25) is 0 Å². The highest BCUT2D eigenvalue weighted by Gasteiger charge is 2.08. The largest absolute Gasteiger partial charge is 0.330 e. The molecule has 1 unspecified atom stereocenters. The lowest BCUT2D eigenvalue weighted by Crippen LogP contribution is -2.35. The molecule has 0 aromatic heterocycles. The quantitative estimate of drug-likeness (QED) is 0.616. The molecule has 0 aliphatic heterocycles. The van der Waals surface area contributed by atoms with Crippen LogP contribution in [0.15, 0.2) is 0 Å². The molecule has 0 bridgehead atoms. The van der Waals surface area contributed by atoms with Gasteiger partial charge in [0.05, 0.1) is 0 Å². The van der Waals surface area contributed by atoms with Crippen LogP contribution < -0.4 is 5.73 Å². The van der Waals surface area contributed by atoms with Crippen molar-refractivity contribution in [2.24, 2.45) is 17.6 Å². The van der Waals surface area contributed by atoms with Crippen LogP contribution in [0.3, 0.4) is 0 Å². The van der Waals surface area contributed by atoms with Crippen LogP contribution in [0.25, 0.3) is 0 Å². The van der Waals surface area contributed by atoms with E-state index in [9.17, 15) is 0 Å². The lowest BCUT2D eigenvalue weighted by atomic mass is 10.0. The minimum Gasteiger partial charge on any atom is -0.330 e. The topological polar surface area (TPSA) is 32.5 Å². The lowest BCUT2D eigenvalue weighted by Gasteiger charge is -2.26. The van der Waals surface area contributed by atoms with Gasteiger partial charge in [0.1, 0.15) is 0 Å². The summed E-state index contributed by atoms with van der Waals surface area (Å²) in [5.41, 5.74) is 5.59. The predicted molar refractivity (Wildman–Crippen MR) is 81.9 cm³/mol. The summed E-state index contributed by atoms with van der Waals surface area (Å²) < 4.78 is 0. The van der Waals surface area contributed by atoms with Crippen molar-refractivity contribution in [1.29, 1.82) is 0 Å². The van der Waals surface area contributed by atoms with Crippen molar-refractivity contribution in [2.45, 2.75) is 40.0 Å². The summed E-state index contributed by atoms with van der Waals surface area (Å²) >= 11 is 0. The van der Waals surface area contributed by atoms with Crippen LogP contribution in [0.4, 0.5) is 0 Å². The molecule has 1 atom stereocenters. The van der Waals surface area contributed by atoms with Crippen LogP contribution in [-0.4, -0.2) is 56.6 Å². The smallest absolute Gasteiger partial charge is 0.0109 e. The maximum atomic E-state index is 5.59. The fourth-order valence-corrected chi connectivity index (χ4v) is 2.24. The van der Waals surface area contributed by atoms with E-state index in [-0.39, 0.29) is 0 Å². The van der Waals surface area contributed by atoms with Gasteiger partial charge >= 0.3 is 0 Å². The minimum atomic E-state index is 0.758. The Hall–Kier alpha value is -0.120. The van der Waals surface area contributed by atoms with Crippen molar-refractivity contribution < 1.29 is 0 Å². The summed E-state index contributed by atoms with van der Waals surface area (Å²) in [7, 11) is 4.30. The SMILES string of the molecule is CC(C)CN(CCCC(C)CCN)CCN(C)C. The highest BCUT2D eigenvalue weighted by atomic mass is 15.2. The summed E-state index contributed by atoms with van der Waals surface area (Å²) in [5, 5.41) is 0. The molecule has 0 saturated heterocycles. The van der Waals surface area contributed by atoms with E-state index in [1.165, 1.54) is 38.9 Å². The standard InChI is InChI=1S/C15H35N3/c1-14(2)13-18(12-11-17(4)5)10-6-7-15(3)8-9-16/h14-15H,6-13,16H2,1-5H3. The summed E-state index contributed by atoms with van der Waals surface area (Å²) in [4.78, 5) is 4.88. The Morgan fingerprint density at radius 2 is 1.61 bits per heavy atom. The van der Waals surface area contributed by atoms with Crippen LogP contribution in [0.1, 0.15) is 40.0 Å². The average molecular weight is 257 g/mol. The highest BCUT2D eigenvalue weighted by Crippen LogP contribution is 2.10. The second kappa shape index (κ2) is 10.8. The zero-order valence-corrected chi connectivity index (χ0v) is 13.3. The molecule has 0 saturated carbocycles. The van der Waals surface area contributed by atoms with Crippen molar-refractivity contribution in [1.82, 2.24) is 9.80 Å². The normalized spacial score (nSPS) is 13.8. The molecule has 2 N–H and O–H groups in total. The maximum Gasteiger partial charge on any atom is 0.0109 e. The van der Waals surface area contributed by atoms with E-state index in [0.29, 0.717) is 0 Å². The van der Waals surface area contributed by atoms with Crippen LogP contribution in [0, 0.1) is 11.8 Å². The fourth-order valence-electron chi connectivity index (χ4n) is 2.24. The zero-order chi connectivity index (χ0) is 14.0. The monoisotopic (exact) mass is 257 g/mol. The number of nitrogens with zero attached hydrogens (tertiary/aromatic N) is 2. The zero-order valence-electron chi connectivity index (χ0n) is 13.3. The molecule has 0 rings (SSSR count). The van der Waals surface area contributed by atoms with Gasteiger partial charge in [-0.1, -0.05) is 20.8 Å². The molecular weight excluding hydrogens is 222 g/mol. The number of rotatable bonds is 11. The van der Waals surface area contributed by atoms with E-state index in [2.05, 4.69) is 44.7 Å². The van der Waals surface area contributed by atoms with Gasteiger partial charge in [0, 0.05) is 19.6 Å². The van der Waals surface area contributed by atoms with E-state index in [4.69, 9.17) is 5.73 Å². The molecule has 0 heterocycles. The van der Waals surface area contributed by atoms with Gasteiger partial charge in [-0.15, -0.1) is 0 Å². The number of likely N-dealkylation sites (N-methyl/N-ethyl adjacent to an activating group) is 1. The average Bonchev–Trinajstić information content (AvgIpc) is 2.25. The second-order valence-corrected chi connectivity index (χ2v) is 6.32. The highest BCUT2D eigenvalue weighted by molar-refractivity contribution is 4.64. The third-order valence-corrected chi connectivity index (χ3v) is 3.32. The molecule has 3 heteroatoms. The van der Waals surface area contributed by atoms with Crippen LogP contribution in [0.5, 0.6) is 0 Å². The molecule has 0 aromatic carbocycles. The molecule has 0 aliphatic carbocycles. The molecule has 110 valence electrons. The molecule has 18 heavy (non-hydrogen) atoms. The number of hydrogen-bond acceptors (Lipinski definition) is 3. The van der Waals surface area contributed by atoms with Gasteiger partial charge in [-0.3, -0.25) is 0 Å². The van der Waals surface area contributed by atoms with E-state index in [1.807, 2.05) is 0 Å². The Morgan fingerprint density at radius 1 is 0.944 bits per heavy atom. The maximum absolute atomic E-state index is 5.59. The van der Waals surface area contributed by atoms with Gasteiger partial charge in [-0.25, -0.2) is 0 Å². The number of nitrogens with two attached hydrogens (primary N) is 1. The lowest BCUT2D eigenvalue weighted by molar-refractivity contribution is 0.211. The van der Waals surface area contributed by atoms with Crippen molar-refractivity contribution in [3.63, 3.8) is 0 Å². The molecule has 0 spiro atoms. The summed E-state index contributed by atoms with van der Waals surface area (Å²) in [6, 6.07) is 0. The molecule has 0 aliphatic rings. The minimum absolute atomic E-state index is 0.758. The first-order valence-electron chi connectivity index (χ1n) is 7.52. The molecule has 0 fully saturated rings. The van der Waals surface area contributed by atoms with E-state index in [1.54, 1.807) is 0 Å². The van der Waals surface area contributed by atoms with E-state index >= 15 is 0 Å². The Kier molecular flexibility index (Phi) is 10.7. The van der Waals surface area contributed by atoms with Gasteiger partial charge < -0.3 is 15.5 Å². The van der Waals surface area contributed by atoms with Gasteiger partial charge in [-0.05, 0) is 58.3 Å². The first-order chi connectivity index (χ1) is 8.45. The van der Waals surface area contributed by atoms with Crippen molar-refractivity contribution >= 4 is 0 Å². The van der Waals surface area contributed by atoms with Crippen molar-refractivity contribution in [2.75, 3.05) is 46.8 Å². The molecule has 0 amide bonds. The Balaban J connectivity index is 3.85. The first kappa shape index (κ1) is 17.9. The van der Waals surface area contributed by atoms with E-state index < -0.39 is 0 Å². The van der Waals surface area contributed by atoms with Gasteiger partial charge in [0.25, 0.3) is 0 Å². The predicted octanol–water partition coefficient (Wildman–Crippen LogP) is 2.27. The van der Waals surface area contributed by atoms with Crippen LogP contribution in [0.2, 0.25) is 0 Å². The fraction of sp³-hybridized carbons (Fsp3) is 1.00. The molecular formula is C15H35N3. The molecule has 0 radical (unpaired) electrons. The molecule has 0 aromatic rings. The van der Waals surface area contributed by atoms with Crippen molar-refractivity contribution in [3.8, 4) is 0 Å². The van der Waals surface area contributed by atoms with Gasteiger partial charge in [-0.2, -0.15) is 0 Å². The summed E-state index contributed by atoms with van der Waals surface area (Å²) in [5.74, 6) is 1.54. The first-order valence-corrected chi connectivity index (χ1v) is 7.52. The van der Waals surface area contributed by atoms with E-state index in [0.717, 1.165) is 24.9 Å². The van der Waals surface area contributed by atoms with Crippen molar-refractivity contribution in [3.05, 3.63) is 0 Å². The Labute approximate surface area is 115 Å². The summed E-state index contributed by atoms with van der Waals surface area (Å²) in [6.07, 6.45) is 3.79. The second-order valence-electron chi connectivity index (χ2n) is 6.32. The van der Waals surface area contributed by atoms with Crippen LogP contribution >= 0.6 is 0 Å². The number of hydrogen-bond donors (Lipinski definition) is 1. The Bertz CT molecular complexity index is 181. The third kappa shape index (κ3) is 11.0. The third-order valence-electron chi connectivity index (χ3n) is 3.32. The molecule has 3 nitrogen and oxygen atoms in total. The Morgan fingerprint density at radius 3 is 2.11 bits per heavy atom. The summed E-state index contributed by atoms with van der Waals surface area (Å²) in [6.45, 7) is 12.6. The van der Waals surface area contributed by atoms with Gasteiger partial charge in [0.15, 0.2) is 0 Å².